The Bertz CT molecular complexity index is 984. The van der Waals surface area contributed by atoms with Gasteiger partial charge >= 0.3 is 0 Å². The fraction of sp³-hybridized carbons (Fsp3) is 0.250. The number of ether oxygens (including phenoxy) is 1. The van der Waals surface area contributed by atoms with Crippen molar-refractivity contribution < 1.29 is 14.1 Å². The quantitative estimate of drug-likeness (QED) is 0.416. The zero-order valence-corrected chi connectivity index (χ0v) is 17.6. The van der Waals surface area contributed by atoms with Gasteiger partial charge in [0.05, 0.1) is 22.4 Å². The molecule has 9 heteroatoms. The molecular weight excluding hydrogens is 412 g/mol. The van der Waals surface area contributed by atoms with Crippen molar-refractivity contribution >= 4 is 34.7 Å². The number of nitrogens with one attached hydrogen (secondary N) is 2. The normalized spacial score (nSPS) is 10.7. The third kappa shape index (κ3) is 5.44. The first-order valence-corrected chi connectivity index (χ1v) is 10.1. The summed E-state index contributed by atoms with van der Waals surface area (Å²) in [5.74, 6) is 0.762. The van der Waals surface area contributed by atoms with E-state index in [-0.39, 0.29) is 12.5 Å². The first-order valence-electron chi connectivity index (χ1n) is 8.86. The summed E-state index contributed by atoms with van der Waals surface area (Å²) in [7, 11) is 3.50. The second kappa shape index (κ2) is 9.69. The average Bonchev–Trinajstić information content (AvgIpc) is 3.39. The summed E-state index contributed by atoms with van der Waals surface area (Å²) in [6, 6.07) is 12.7. The fourth-order valence-corrected chi connectivity index (χ4v) is 3.54. The molecule has 0 spiro atoms. The topological polar surface area (TPSA) is 91.5 Å². The Hall–Kier alpha value is -2.68. The number of benzene rings is 1. The third-order valence-corrected chi connectivity index (χ3v) is 5.48. The third-order valence-electron chi connectivity index (χ3n) is 4.25. The summed E-state index contributed by atoms with van der Waals surface area (Å²) >= 11 is 7.07. The van der Waals surface area contributed by atoms with Crippen LogP contribution in [0.2, 0.25) is 4.34 Å². The molecule has 3 aromatic rings. The molecule has 3 rings (SSSR count). The number of aromatic nitrogens is 1. The molecule has 152 valence electrons. The standard InChI is InChI=1S/C20H21ClN4O3S/c1-25(9-10-27-2)19(22)14-5-3-13(4-6-14)16-11-15(28-24-16)12-23-20(26)17-7-8-18(21)29-17/h3-8,11,22H,9-10,12H2,1-2H3,(H,23,26). The summed E-state index contributed by atoms with van der Waals surface area (Å²) in [6.45, 7) is 1.44. The van der Waals surface area contributed by atoms with Gasteiger partial charge in [0.25, 0.3) is 5.91 Å². The van der Waals surface area contributed by atoms with Gasteiger partial charge in [-0.15, -0.1) is 11.3 Å². The van der Waals surface area contributed by atoms with Crippen LogP contribution in [0.3, 0.4) is 0 Å². The number of rotatable bonds is 8. The van der Waals surface area contributed by atoms with E-state index in [2.05, 4.69) is 10.5 Å². The zero-order valence-electron chi connectivity index (χ0n) is 16.1. The molecule has 1 amide bonds. The molecule has 0 radical (unpaired) electrons. The Morgan fingerprint density at radius 1 is 1.31 bits per heavy atom. The fourth-order valence-electron chi connectivity index (χ4n) is 2.58. The average molecular weight is 433 g/mol. The molecule has 0 fully saturated rings. The lowest BCUT2D eigenvalue weighted by atomic mass is 10.1. The molecule has 7 nitrogen and oxygen atoms in total. The summed E-state index contributed by atoms with van der Waals surface area (Å²) in [4.78, 5) is 14.5. The van der Waals surface area contributed by atoms with E-state index in [0.717, 1.165) is 11.1 Å². The molecule has 2 heterocycles. The minimum absolute atomic E-state index is 0.208. The molecule has 1 aromatic carbocycles. The number of likely N-dealkylation sites (N-methyl/N-ethyl adjacent to an activating group) is 1. The maximum absolute atomic E-state index is 12.1. The van der Waals surface area contributed by atoms with Crippen LogP contribution in [0.25, 0.3) is 11.3 Å². The van der Waals surface area contributed by atoms with E-state index in [1.165, 1.54) is 11.3 Å². The van der Waals surface area contributed by atoms with Crippen LogP contribution in [0, 0.1) is 5.41 Å². The number of amidine groups is 1. The predicted molar refractivity (Wildman–Crippen MR) is 114 cm³/mol. The first kappa shape index (κ1) is 21.0. The summed E-state index contributed by atoms with van der Waals surface area (Å²) in [5, 5.41) is 15.1. The van der Waals surface area contributed by atoms with Crippen molar-refractivity contribution in [3.8, 4) is 11.3 Å². The van der Waals surface area contributed by atoms with E-state index < -0.39 is 0 Å². The second-order valence-electron chi connectivity index (χ2n) is 6.31. The SMILES string of the molecule is COCCN(C)C(=N)c1ccc(-c2cc(CNC(=O)c3ccc(Cl)s3)on2)cc1. The zero-order chi connectivity index (χ0) is 20.8. The van der Waals surface area contributed by atoms with E-state index in [1.807, 2.05) is 36.2 Å². The molecule has 2 N–H and O–H groups in total. The number of nitrogens with zero attached hydrogens (tertiary/aromatic N) is 2. The Balaban J connectivity index is 1.60. The monoisotopic (exact) mass is 432 g/mol. The van der Waals surface area contributed by atoms with Crippen LogP contribution in [0.4, 0.5) is 0 Å². The van der Waals surface area contributed by atoms with Crippen LogP contribution < -0.4 is 5.32 Å². The predicted octanol–water partition coefficient (Wildman–Crippen LogP) is 3.89. The van der Waals surface area contributed by atoms with Crippen molar-refractivity contribution in [3.05, 3.63) is 63.0 Å². The van der Waals surface area contributed by atoms with Crippen molar-refractivity contribution in [3.63, 3.8) is 0 Å². The highest BCUT2D eigenvalue weighted by Gasteiger charge is 2.12. The molecule has 0 saturated heterocycles. The van der Waals surface area contributed by atoms with Gasteiger partial charge in [-0.3, -0.25) is 10.2 Å². The van der Waals surface area contributed by atoms with Crippen LogP contribution in [0.1, 0.15) is 21.0 Å². The molecule has 0 aliphatic rings. The van der Waals surface area contributed by atoms with Gasteiger partial charge in [-0.25, -0.2) is 0 Å². The van der Waals surface area contributed by atoms with Gasteiger partial charge < -0.3 is 19.5 Å². The highest BCUT2D eigenvalue weighted by molar-refractivity contribution is 7.17. The minimum atomic E-state index is -0.208. The van der Waals surface area contributed by atoms with Gasteiger partial charge in [-0.05, 0) is 12.1 Å². The van der Waals surface area contributed by atoms with E-state index in [4.69, 9.17) is 26.3 Å². The van der Waals surface area contributed by atoms with Gasteiger partial charge in [0.1, 0.15) is 11.5 Å². The molecule has 0 atom stereocenters. The first-order chi connectivity index (χ1) is 14.0. The van der Waals surface area contributed by atoms with Crippen molar-refractivity contribution in [2.24, 2.45) is 0 Å². The molecule has 29 heavy (non-hydrogen) atoms. The summed E-state index contributed by atoms with van der Waals surface area (Å²) in [5.41, 5.74) is 2.34. The van der Waals surface area contributed by atoms with Crippen LogP contribution in [-0.4, -0.2) is 49.1 Å². The summed E-state index contributed by atoms with van der Waals surface area (Å²) < 4.78 is 10.9. The molecule has 0 bridgehead atoms. The van der Waals surface area contributed by atoms with Crippen molar-refractivity contribution in [1.82, 2.24) is 15.4 Å². The molecule has 0 unspecified atom stereocenters. The Morgan fingerprint density at radius 2 is 2.07 bits per heavy atom. The van der Waals surface area contributed by atoms with Crippen molar-refractivity contribution in [1.29, 1.82) is 5.41 Å². The number of halogens is 1. The van der Waals surface area contributed by atoms with Crippen LogP contribution in [0.5, 0.6) is 0 Å². The van der Waals surface area contributed by atoms with E-state index in [1.54, 1.807) is 25.3 Å². The number of hydrogen-bond donors (Lipinski definition) is 2. The highest BCUT2D eigenvalue weighted by Crippen LogP contribution is 2.22. The lowest BCUT2D eigenvalue weighted by molar-refractivity contribution is 0.0951. The number of carbonyl (C=O) groups is 1. The number of thiophene rings is 1. The highest BCUT2D eigenvalue weighted by atomic mass is 35.5. The van der Waals surface area contributed by atoms with Crippen molar-refractivity contribution in [2.75, 3.05) is 27.3 Å². The lowest BCUT2D eigenvalue weighted by Gasteiger charge is -2.19. The maximum atomic E-state index is 12.1. The van der Waals surface area contributed by atoms with E-state index in [9.17, 15) is 4.79 Å². The number of hydrogen-bond acceptors (Lipinski definition) is 6. The van der Waals surface area contributed by atoms with Gasteiger partial charge in [-0.2, -0.15) is 0 Å². The second-order valence-corrected chi connectivity index (χ2v) is 8.02. The number of methoxy groups -OCH3 is 1. The number of carbonyl (C=O) groups excluding carboxylic acids is 1. The van der Waals surface area contributed by atoms with Crippen LogP contribution in [-0.2, 0) is 11.3 Å². The summed E-state index contributed by atoms with van der Waals surface area (Å²) in [6.07, 6.45) is 0. The van der Waals surface area contributed by atoms with E-state index in [0.29, 0.717) is 39.7 Å². The molecule has 2 aromatic heterocycles. The van der Waals surface area contributed by atoms with Gasteiger partial charge in [0, 0.05) is 37.9 Å². The largest absolute Gasteiger partial charge is 0.383 e. The van der Waals surface area contributed by atoms with Crippen molar-refractivity contribution in [2.45, 2.75) is 6.54 Å². The van der Waals surface area contributed by atoms with E-state index >= 15 is 0 Å². The van der Waals surface area contributed by atoms with Gasteiger partial charge in [0.15, 0.2) is 5.76 Å². The van der Waals surface area contributed by atoms with Gasteiger partial charge in [-0.1, -0.05) is 41.0 Å². The molecule has 0 saturated carbocycles. The Labute approximate surface area is 177 Å². The maximum Gasteiger partial charge on any atom is 0.261 e. The Kier molecular flexibility index (Phi) is 7.03. The van der Waals surface area contributed by atoms with Crippen LogP contribution >= 0.6 is 22.9 Å². The molecule has 0 aliphatic heterocycles. The lowest BCUT2D eigenvalue weighted by Crippen LogP contribution is -2.29. The molecular formula is C20H21ClN4O3S. The smallest absolute Gasteiger partial charge is 0.261 e. The Morgan fingerprint density at radius 3 is 2.72 bits per heavy atom. The molecule has 0 aliphatic carbocycles. The minimum Gasteiger partial charge on any atom is -0.383 e. The number of amides is 1. The van der Waals surface area contributed by atoms with Crippen LogP contribution in [0.15, 0.2) is 47.0 Å². The van der Waals surface area contributed by atoms with Gasteiger partial charge in [0.2, 0.25) is 0 Å².